The lowest BCUT2D eigenvalue weighted by atomic mass is 9.99. The van der Waals surface area contributed by atoms with Crippen molar-refractivity contribution in [1.29, 1.82) is 0 Å². The van der Waals surface area contributed by atoms with E-state index in [1.54, 1.807) is 0 Å². The Morgan fingerprint density at radius 3 is 2.78 bits per heavy atom. The summed E-state index contributed by atoms with van der Waals surface area (Å²) >= 11 is 0. The summed E-state index contributed by atoms with van der Waals surface area (Å²) in [7, 11) is 1.83. The summed E-state index contributed by atoms with van der Waals surface area (Å²) in [4.78, 5) is 6.78. The van der Waals surface area contributed by atoms with Crippen molar-refractivity contribution in [2.45, 2.75) is 39.7 Å². The predicted molar refractivity (Wildman–Crippen MR) is 107 cm³/mol. The normalized spacial score (nSPS) is 19.2. The van der Waals surface area contributed by atoms with Gasteiger partial charge < -0.3 is 19.5 Å². The van der Waals surface area contributed by atoms with Gasteiger partial charge in [-0.2, -0.15) is 0 Å². The minimum absolute atomic E-state index is 0.0680. The number of rotatable bonds is 4. The fourth-order valence-electron chi connectivity index (χ4n) is 3.85. The Kier molecular flexibility index (Phi) is 6.16. The van der Waals surface area contributed by atoms with Crippen molar-refractivity contribution in [1.82, 2.24) is 15.4 Å². The van der Waals surface area contributed by atoms with Crippen LogP contribution in [0.25, 0.3) is 0 Å². The highest BCUT2D eigenvalue weighted by atomic mass is 16.5. The van der Waals surface area contributed by atoms with Crippen molar-refractivity contribution in [3.63, 3.8) is 0 Å². The van der Waals surface area contributed by atoms with Crippen LogP contribution in [-0.4, -0.2) is 49.3 Å². The highest BCUT2D eigenvalue weighted by Crippen LogP contribution is 2.25. The maximum absolute atomic E-state index is 6.04. The van der Waals surface area contributed by atoms with Crippen molar-refractivity contribution in [2.75, 3.05) is 33.3 Å². The molecule has 1 N–H and O–H groups in total. The largest absolute Gasteiger partial charge is 0.370 e. The summed E-state index contributed by atoms with van der Waals surface area (Å²) in [6.07, 6.45) is 0.0680. The van der Waals surface area contributed by atoms with Crippen LogP contribution in [0.15, 0.2) is 33.8 Å². The molecule has 3 rings (SSSR count). The molecule has 1 aliphatic heterocycles. The van der Waals surface area contributed by atoms with Crippen molar-refractivity contribution in [3.05, 3.63) is 52.4 Å². The molecule has 6 nitrogen and oxygen atoms in total. The van der Waals surface area contributed by atoms with Gasteiger partial charge in [0.25, 0.3) is 0 Å². The Balaban J connectivity index is 1.64. The molecule has 1 aliphatic rings. The number of benzene rings is 1. The molecular weight excluding hydrogens is 340 g/mol. The molecule has 1 fully saturated rings. The molecule has 0 saturated carbocycles. The van der Waals surface area contributed by atoms with E-state index < -0.39 is 0 Å². The Hall–Kier alpha value is -2.34. The molecule has 0 bridgehead atoms. The summed E-state index contributed by atoms with van der Waals surface area (Å²) in [6, 6.07) is 8.42. The molecule has 0 amide bonds. The summed E-state index contributed by atoms with van der Waals surface area (Å²) in [5, 5.41) is 7.59. The standard InChI is InChI=1S/C21H30N4O2/c1-14-8-6-7-9-18(14)19-13-25(10-11-26-19)21(22-5)23-12-15(2)20-16(3)24-27-17(20)4/h6-9,15,19H,10-13H2,1-5H3,(H,22,23). The van der Waals surface area contributed by atoms with E-state index in [2.05, 4.69) is 58.5 Å². The van der Waals surface area contributed by atoms with E-state index in [4.69, 9.17) is 9.26 Å². The van der Waals surface area contributed by atoms with Crippen LogP contribution in [0.5, 0.6) is 0 Å². The highest BCUT2D eigenvalue weighted by molar-refractivity contribution is 5.80. The van der Waals surface area contributed by atoms with Crippen molar-refractivity contribution < 1.29 is 9.26 Å². The zero-order valence-electron chi connectivity index (χ0n) is 17.0. The van der Waals surface area contributed by atoms with Crippen molar-refractivity contribution >= 4 is 5.96 Å². The van der Waals surface area contributed by atoms with Gasteiger partial charge in [0.1, 0.15) is 11.9 Å². The zero-order valence-corrected chi connectivity index (χ0v) is 17.0. The lowest BCUT2D eigenvalue weighted by molar-refractivity contribution is -0.00832. The van der Waals surface area contributed by atoms with Gasteiger partial charge in [0.2, 0.25) is 0 Å². The first-order valence-corrected chi connectivity index (χ1v) is 9.56. The third-order valence-corrected chi connectivity index (χ3v) is 5.26. The Bertz CT molecular complexity index is 780. The monoisotopic (exact) mass is 370 g/mol. The molecule has 0 aliphatic carbocycles. The molecular formula is C21H30N4O2. The molecule has 6 heteroatoms. The first-order chi connectivity index (χ1) is 13.0. The van der Waals surface area contributed by atoms with Gasteiger partial charge >= 0.3 is 0 Å². The van der Waals surface area contributed by atoms with Crippen LogP contribution in [0.3, 0.4) is 0 Å². The molecule has 1 aromatic heterocycles. The number of guanidine groups is 1. The van der Waals surface area contributed by atoms with E-state index >= 15 is 0 Å². The maximum Gasteiger partial charge on any atom is 0.193 e. The molecule has 1 saturated heterocycles. The second-order valence-corrected chi connectivity index (χ2v) is 7.23. The summed E-state index contributed by atoms with van der Waals surface area (Å²) in [5.74, 6) is 2.10. The minimum Gasteiger partial charge on any atom is -0.370 e. The number of nitrogens with one attached hydrogen (secondary N) is 1. The van der Waals surface area contributed by atoms with Crippen LogP contribution in [0.1, 0.15) is 47.1 Å². The Morgan fingerprint density at radius 2 is 2.11 bits per heavy atom. The topological polar surface area (TPSA) is 62.9 Å². The Morgan fingerprint density at radius 1 is 1.33 bits per heavy atom. The van der Waals surface area contributed by atoms with Crippen LogP contribution in [0.4, 0.5) is 0 Å². The van der Waals surface area contributed by atoms with E-state index in [0.29, 0.717) is 12.5 Å². The van der Waals surface area contributed by atoms with Crippen LogP contribution >= 0.6 is 0 Å². The molecule has 2 unspecified atom stereocenters. The second kappa shape index (κ2) is 8.57. The summed E-state index contributed by atoms with van der Waals surface area (Å²) < 4.78 is 11.3. The SMILES string of the molecule is CN=C(NCC(C)c1c(C)noc1C)N1CCOC(c2ccccc2C)C1. The number of morpholine rings is 1. The number of hydrogen-bond donors (Lipinski definition) is 1. The van der Waals surface area contributed by atoms with Crippen LogP contribution < -0.4 is 5.32 Å². The number of aryl methyl sites for hydroxylation is 3. The van der Waals surface area contributed by atoms with Gasteiger partial charge in [-0.05, 0) is 31.9 Å². The average Bonchev–Trinajstić information content (AvgIpc) is 3.01. The van der Waals surface area contributed by atoms with Gasteiger partial charge in [-0.15, -0.1) is 0 Å². The second-order valence-electron chi connectivity index (χ2n) is 7.23. The average molecular weight is 370 g/mol. The van der Waals surface area contributed by atoms with E-state index in [9.17, 15) is 0 Å². The van der Waals surface area contributed by atoms with Gasteiger partial charge in [-0.1, -0.05) is 36.3 Å². The molecule has 0 radical (unpaired) electrons. The third-order valence-electron chi connectivity index (χ3n) is 5.26. The van der Waals surface area contributed by atoms with E-state index in [-0.39, 0.29) is 6.10 Å². The molecule has 146 valence electrons. The van der Waals surface area contributed by atoms with E-state index in [0.717, 1.165) is 37.0 Å². The first kappa shape index (κ1) is 19.4. The lowest BCUT2D eigenvalue weighted by Crippen LogP contribution is -2.48. The van der Waals surface area contributed by atoms with Gasteiger partial charge in [0, 0.05) is 31.6 Å². The molecule has 2 heterocycles. The van der Waals surface area contributed by atoms with Crippen molar-refractivity contribution in [2.24, 2.45) is 4.99 Å². The maximum atomic E-state index is 6.04. The van der Waals surface area contributed by atoms with E-state index in [1.165, 1.54) is 16.7 Å². The number of nitrogens with zero attached hydrogens (tertiary/aromatic N) is 3. The van der Waals surface area contributed by atoms with Gasteiger partial charge in [0.15, 0.2) is 5.96 Å². The quantitative estimate of drug-likeness (QED) is 0.660. The Labute approximate surface area is 161 Å². The number of aromatic nitrogens is 1. The summed E-state index contributed by atoms with van der Waals surface area (Å²) in [6.45, 7) is 11.4. The minimum atomic E-state index is 0.0680. The number of aliphatic imine (C=N–C) groups is 1. The third kappa shape index (κ3) is 4.33. The summed E-state index contributed by atoms with van der Waals surface area (Å²) in [5.41, 5.74) is 4.65. The van der Waals surface area contributed by atoms with Crippen LogP contribution in [-0.2, 0) is 4.74 Å². The van der Waals surface area contributed by atoms with Gasteiger partial charge in [-0.3, -0.25) is 4.99 Å². The first-order valence-electron chi connectivity index (χ1n) is 9.56. The van der Waals surface area contributed by atoms with Gasteiger partial charge in [0.05, 0.1) is 18.8 Å². The number of ether oxygens (including phenoxy) is 1. The molecule has 1 aromatic carbocycles. The molecule has 2 aromatic rings. The molecule has 0 spiro atoms. The highest BCUT2D eigenvalue weighted by Gasteiger charge is 2.25. The molecule has 27 heavy (non-hydrogen) atoms. The number of hydrogen-bond acceptors (Lipinski definition) is 4. The lowest BCUT2D eigenvalue weighted by Gasteiger charge is -2.36. The smallest absolute Gasteiger partial charge is 0.193 e. The molecule has 2 atom stereocenters. The fraction of sp³-hybridized carbons (Fsp3) is 0.524. The van der Waals surface area contributed by atoms with Crippen molar-refractivity contribution in [3.8, 4) is 0 Å². The fourth-order valence-corrected chi connectivity index (χ4v) is 3.85. The van der Waals surface area contributed by atoms with Crippen LogP contribution in [0, 0.1) is 20.8 Å². The van der Waals surface area contributed by atoms with Crippen LogP contribution in [0.2, 0.25) is 0 Å². The zero-order chi connectivity index (χ0) is 19.4. The van der Waals surface area contributed by atoms with E-state index in [1.807, 2.05) is 20.9 Å². The van der Waals surface area contributed by atoms with Gasteiger partial charge in [-0.25, -0.2) is 0 Å². The predicted octanol–water partition coefficient (Wildman–Crippen LogP) is 3.35.